The van der Waals surface area contributed by atoms with Crippen LogP contribution in [0.1, 0.15) is 35.2 Å². The summed E-state index contributed by atoms with van der Waals surface area (Å²) in [7, 11) is 0. The minimum absolute atomic E-state index is 0.148. The molecule has 1 aromatic heterocycles. The summed E-state index contributed by atoms with van der Waals surface area (Å²) >= 11 is 5.90. The van der Waals surface area contributed by atoms with Gasteiger partial charge in [0, 0.05) is 54.0 Å². The predicted octanol–water partition coefficient (Wildman–Crippen LogP) is 6.30. The number of Topliss-reactive ketones (excluding diaryl/α,β-unsaturated/α-hetero) is 1. The van der Waals surface area contributed by atoms with Gasteiger partial charge in [-0.1, -0.05) is 16.8 Å². The molecule has 32 heavy (non-hydrogen) atoms. The van der Waals surface area contributed by atoms with E-state index in [2.05, 4.69) is 10.5 Å². The standard InChI is InChI=1S/C23H21ClF3N3O2/c24-17-7-4-15(5-8-17)21-14-22(29-32-21)28-10-2-12-30-11-1-3-20(31)18-13-16(23(25,26)27)6-9-19(18)30/h4-9,13-14H,1-3,10-12H2,(H,28,29). The van der Waals surface area contributed by atoms with Crippen molar-refractivity contribution in [2.45, 2.75) is 25.4 Å². The number of nitrogens with one attached hydrogen (secondary N) is 1. The quantitative estimate of drug-likeness (QED) is 0.435. The van der Waals surface area contributed by atoms with E-state index in [9.17, 15) is 18.0 Å². The molecule has 1 N–H and O–H groups in total. The Morgan fingerprint density at radius 1 is 1.12 bits per heavy atom. The van der Waals surface area contributed by atoms with Gasteiger partial charge in [-0.25, -0.2) is 0 Å². The molecule has 0 saturated carbocycles. The molecule has 2 heterocycles. The van der Waals surface area contributed by atoms with Gasteiger partial charge >= 0.3 is 6.18 Å². The smallest absolute Gasteiger partial charge is 0.371 e. The van der Waals surface area contributed by atoms with E-state index in [1.165, 1.54) is 6.07 Å². The summed E-state index contributed by atoms with van der Waals surface area (Å²) in [6.07, 6.45) is -2.91. The number of benzene rings is 2. The Hall–Kier alpha value is -3.00. The van der Waals surface area contributed by atoms with Crippen LogP contribution in [0.2, 0.25) is 5.02 Å². The second-order valence-corrected chi connectivity index (χ2v) is 8.04. The lowest BCUT2D eigenvalue weighted by atomic mass is 10.0. The Balaban J connectivity index is 1.37. The van der Waals surface area contributed by atoms with Crippen molar-refractivity contribution in [3.05, 3.63) is 64.7 Å². The first-order chi connectivity index (χ1) is 15.3. The molecule has 0 spiro atoms. The first-order valence-electron chi connectivity index (χ1n) is 10.3. The molecule has 2 aromatic carbocycles. The number of hydrogen-bond donors (Lipinski definition) is 1. The number of carbonyl (C=O) groups excluding carboxylic acids is 1. The number of halogens is 4. The molecule has 4 rings (SSSR count). The summed E-state index contributed by atoms with van der Waals surface area (Å²) < 4.78 is 44.6. The van der Waals surface area contributed by atoms with Crippen molar-refractivity contribution >= 4 is 28.9 Å². The number of hydrogen-bond acceptors (Lipinski definition) is 5. The molecule has 0 saturated heterocycles. The monoisotopic (exact) mass is 463 g/mol. The maximum Gasteiger partial charge on any atom is 0.416 e. The fourth-order valence-electron chi connectivity index (χ4n) is 3.72. The van der Waals surface area contributed by atoms with Crippen LogP contribution in [0.15, 0.2) is 53.1 Å². The van der Waals surface area contributed by atoms with Gasteiger partial charge in [0.05, 0.1) is 5.56 Å². The van der Waals surface area contributed by atoms with Gasteiger partial charge in [-0.05, 0) is 55.3 Å². The van der Waals surface area contributed by atoms with E-state index < -0.39 is 11.7 Å². The van der Waals surface area contributed by atoms with E-state index in [1.807, 2.05) is 17.0 Å². The molecule has 0 radical (unpaired) electrons. The molecule has 0 aliphatic carbocycles. The van der Waals surface area contributed by atoms with Gasteiger partial charge in [0.15, 0.2) is 17.4 Å². The average molecular weight is 464 g/mol. The Morgan fingerprint density at radius 2 is 1.91 bits per heavy atom. The van der Waals surface area contributed by atoms with Gasteiger partial charge in [0.2, 0.25) is 0 Å². The highest BCUT2D eigenvalue weighted by atomic mass is 35.5. The van der Waals surface area contributed by atoms with E-state index in [-0.39, 0.29) is 17.8 Å². The third-order valence-electron chi connectivity index (χ3n) is 5.35. The first-order valence-corrected chi connectivity index (χ1v) is 10.6. The molecule has 5 nitrogen and oxygen atoms in total. The van der Waals surface area contributed by atoms with Gasteiger partial charge in [-0.15, -0.1) is 0 Å². The van der Waals surface area contributed by atoms with E-state index in [1.54, 1.807) is 18.2 Å². The van der Waals surface area contributed by atoms with Crippen molar-refractivity contribution in [2.75, 3.05) is 29.9 Å². The van der Waals surface area contributed by atoms with Crippen LogP contribution in [0.3, 0.4) is 0 Å². The number of fused-ring (bicyclic) bond motifs is 1. The van der Waals surface area contributed by atoms with Crippen LogP contribution in [0.25, 0.3) is 11.3 Å². The number of ketones is 1. The second kappa shape index (κ2) is 9.24. The average Bonchev–Trinajstić information content (AvgIpc) is 3.17. The van der Waals surface area contributed by atoms with Crippen LogP contribution in [0, 0.1) is 0 Å². The number of nitrogens with zero attached hydrogens (tertiary/aromatic N) is 2. The van der Waals surface area contributed by atoms with Crippen LogP contribution in [0.4, 0.5) is 24.7 Å². The number of carbonyl (C=O) groups is 1. The van der Waals surface area contributed by atoms with Crippen LogP contribution < -0.4 is 10.2 Å². The number of anilines is 2. The molecule has 0 fully saturated rings. The highest BCUT2D eigenvalue weighted by Gasteiger charge is 2.32. The molecule has 0 unspecified atom stereocenters. The molecule has 168 valence electrons. The summed E-state index contributed by atoms with van der Waals surface area (Å²) in [6.45, 7) is 1.81. The van der Waals surface area contributed by atoms with Crippen LogP contribution in [0.5, 0.6) is 0 Å². The summed E-state index contributed by atoms with van der Waals surface area (Å²) in [5, 5.41) is 7.84. The molecule has 0 bridgehead atoms. The molecular formula is C23H21ClF3N3O2. The summed E-state index contributed by atoms with van der Waals surface area (Å²) in [5.74, 6) is 0.963. The Bertz CT molecular complexity index is 1100. The normalized spacial score (nSPS) is 14.2. The molecular weight excluding hydrogens is 443 g/mol. The Kier molecular flexibility index (Phi) is 6.41. The van der Waals surface area contributed by atoms with Gasteiger partial charge in [0.1, 0.15) is 0 Å². The van der Waals surface area contributed by atoms with Gasteiger partial charge in [0.25, 0.3) is 0 Å². The minimum Gasteiger partial charge on any atom is -0.371 e. The lowest BCUT2D eigenvalue weighted by molar-refractivity contribution is -0.137. The van der Waals surface area contributed by atoms with Gasteiger partial charge < -0.3 is 14.7 Å². The van der Waals surface area contributed by atoms with Crippen LogP contribution in [-0.4, -0.2) is 30.6 Å². The van der Waals surface area contributed by atoms with Crippen molar-refractivity contribution < 1.29 is 22.5 Å². The largest absolute Gasteiger partial charge is 0.416 e. The zero-order valence-electron chi connectivity index (χ0n) is 17.1. The second-order valence-electron chi connectivity index (χ2n) is 7.61. The zero-order valence-corrected chi connectivity index (χ0v) is 17.8. The van der Waals surface area contributed by atoms with Crippen LogP contribution in [-0.2, 0) is 6.18 Å². The van der Waals surface area contributed by atoms with Crippen molar-refractivity contribution in [1.82, 2.24) is 5.16 Å². The minimum atomic E-state index is -4.47. The van der Waals surface area contributed by atoms with E-state index in [0.29, 0.717) is 54.8 Å². The molecule has 1 aliphatic heterocycles. The zero-order chi connectivity index (χ0) is 22.7. The maximum absolute atomic E-state index is 13.1. The number of rotatable bonds is 6. The predicted molar refractivity (Wildman–Crippen MR) is 117 cm³/mol. The molecule has 0 atom stereocenters. The number of aromatic nitrogens is 1. The maximum atomic E-state index is 13.1. The Labute approximate surface area is 188 Å². The summed E-state index contributed by atoms with van der Waals surface area (Å²) in [5.41, 5.74) is 0.774. The van der Waals surface area contributed by atoms with Crippen molar-refractivity contribution in [2.24, 2.45) is 0 Å². The SMILES string of the molecule is O=C1CCCN(CCCNc2cc(-c3ccc(Cl)cc3)on2)c2ccc(C(F)(F)F)cc21. The van der Waals surface area contributed by atoms with E-state index in [0.717, 1.165) is 17.7 Å². The highest BCUT2D eigenvalue weighted by Crippen LogP contribution is 2.35. The third-order valence-corrected chi connectivity index (χ3v) is 5.60. The Morgan fingerprint density at radius 3 is 2.66 bits per heavy atom. The van der Waals surface area contributed by atoms with Crippen molar-refractivity contribution in [3.63, 3.8) is 0 Å². The number of alkyl halides is 3. The van der Waals surface area contributed by atoms with Crippen molar-refractivity contribution in [3.8, 4) is 11.3 Å². The van der Waals surface area contributed by atoms with Gasteiger partial charge in [-0.3, -0.25) is 4.79 Å². The molecule has 1 aliphatic rings. The third kappa shape index (κ3) is 5.07. The molecule has 0 amide bonds. The van der Waals surface area contributed by atoms with Crippen LogP contribution >= 0.6 is 11.6 Å². The molecule has 3 aromatic rings. The first kappa shape index (κ1) is 22.2. The molecule has 9 heteroatoms. The van der Waals surface area contributed by atoms with Crippen molar-refractivity contribution in [1.29, 1.82) is 0 Å². The van der Waals surface area contributed by atoms with Gasteiger partial charge in [-0.2, -0.15) is 13.2 Å². The summed E-state index contributed by atoms with van der Waals surface area (Å²) in [4.78, 5) is 14.3. The summed E-state index contributed by atoms with van der Waals surface area (Å²) in [6, 6.07) is 12.4. The fourth-order valence-corrected chi connectivity index (χ4v) is 3.85. The fraction of sp³-hybridized carbons (Fsp3) is 0.304. The highest BCUT2D eigenvalue weighted by molar-refractivity contribution is 6.30. The van der Waals surface area contributed by atoms with E-state index in [4.69, 9.17) is 16.1 Å². The van der Waals surface area contributed by atoms with E-state index >= 15 is 0 Å². The lowest BCUT2D eigenvalue weighted by Gasteiger charge is -2.25. The lowest BCUT2D eigenvalue weighted by Crippen LogP contribution is -2.27. The topological polar surface area (TPSA) is 58.4 Å².